The average molecular weight is 252 g/mol. The molecule has 0 saturated carbocycles. The van der Waals surface area contributed by atoms with Crippen LogP contribution in [-0.2, 0) is 14.3 Å². The Bertz CT molecular complexity index is 359. The van der Waals surface area contributed by atoms with Crippen molar-refractivity contribution in [3.8, 4) is 0 Å². The molecule has 0 spiro atoms. The van der Waals surface area contributed by atoms with E-state index in [2.05, 4.69) is 26.8 Å². The standard InChI is InChI=1S/C15H24O3/c1-10(2)14-13-7-15(9-18-14,6-5-11(13)3)8-17-12(4)16/h5,10,13-14H,6-9H2,1-4H3/t13-,14+,15+/m1/s1. The van der Waals surface area contributed by atoms with Crippen molar-refractivity contribution in [1.29, 1.82) is 0 Å². The van der Waals surface area contributed by atoms with Gasteiger partial charge in [0.2, 0.25) is 0 Å². The molecular formula is C15H24O3. The van der Waals surface area contributed by atoms with Gasteiger partial charge in [0.15, 0.2) is 0 Å². The first-order valence-corrected chi connectivity index (χ1v) is 6.85. The monoisotopic (exact) mass is 252 g/mol. The molecule has 2 aliphatic rings. The van der Waals surface area contributed by atoms with Crippen LogP contribution in [0, 0.1) is 17.3 Å². The molecule has 3 nitrogen and oxygen atoms in total. The first-order chi connectivity index (χ1) is 8.43. The van der Waals surface area contributed by atoms with Gasteiger partial charge in [0.25, 0.3) is 0 Å². The number of rotatable bonds is 3. The summed E-state index contributed by atoms with van der Waals surface area (Å²) in [6.07, 6.45) is 4.68. The van der Waals surface area contributed by atoms with E-state index >= 15 is 0 Å². The highest BCUT2D eigenvalue weighted by atomic mass is 16.5. The maximum Gasteiger partial charge on any atom is 0.302 e. The number of hydrogen-bond acceptors (Lipinski definition) is 3. The van der Waals surface area contributed by atoms with E-state index in [-0.39, 0.29) is 11.4 Å². The first-order valence-electron chi connectivity index (χ1n) is 6.85. The van der Waals surface area contributed by atoms with Gasteiger partial charge in [-0.3, -0.25) is 4.79 Å². The topological polar surface area (TPSA) is 35.5 Å². The Balaban J connectivity index is 2.12. The number of carbonyl (C=O) groups is 1. The lowest BCUT2D eigenvalue weighted by molar-refractivity contribution is -0.158. The molecule has 3 atom stereocenters. The average Bonchev–Trinajstić information content (AvgIpc) is 2.32. The Morgan fingerprint density at radius 3 is 2.94 bits per heavy atom. The summed E-state index contributed by atoms with van der Waals surface area (Å²) in [6.45, 7) is 9.30. The van der Waals surface area contributed by atoms with E-state index in [1.165, 1.54) is 12.5 Å². The fourth-order valence-corrected chi connectivity index (χ4v) is 3.19. The third kappa shape index (κ3) is 2.61. The zero-order valence-corrected chi connectivity index (χ0v) is 11.9. The van der Waals surface area contributed by atoms with Crippen LogP contribution in [0.3, 0.4) is 0 Å². The van der Waals surface area contributed by atoms with Crippen molar-refractivity contribution >= 4 is 5.97 Å². The van der Waals surface area contributed by atoms with Gasteiger partial charge >= 0.3 is 5.97 Å². The molecular weight excluding hydrogens is 228 g/mol. The van der Waals surface area contributed by atoms with Crippen LogP contribution in [-0.4, -0.2) is 25.3 Å². The molecule has 0 unspecified atom stereocenters. The van der Waals surface area contributed by atoms with Crippen molar-refractivity contribution in [3.05, 3.63) is 11.6 Å². The molecule has 1 fully saturated rings. The largest absolute Gasteiger partial charge is 0.465 e. The van der Waals surface area contributed by atoms with E-state index in [0.29, 0.717) is 31.2 Å². The summed E-state index contributed by atoms with van der Waals surface area (Å²) < 4.78 is 11.3. The van der Waals surface area contributed by atoms with Gasteiger partial charge in [0.05, 0.1) is 19.3 Å². The highest BCUT2D eigenvalue weighted by Crippen LogP contribution is 2.46. The van der Waals surface area contributed by atoms with Crippen LogP contribution in [0.4, 0.5) is 0 Å². The zero-order valence-electron chi connectivity index (χ0n) is 11.9. The van der Waals surface area contributed by atoms with Gasteiger partial charge in [0, 0.05) is 18.3 Å². The molecule has 0 aromatic heterocycles. The van der Waals surface area contributed by atoms with Gasteiger partial charge in [-0.2, -0.15) is 0 Å². The Morgan fingerprint density at radius 1 is 1.61 bits per heavy atom. The second kappa shape index (κ2) is 5.04. The van der Waals surface area contributed by atoms with Crippen LogP contribution in [0.15, 0.2) is 11.6 Å². The van der Waals surface area contributed by atoms with E-state index in [4.69, 9.17) is 9.47 Å². The van der Waals surface area contributed by atoms with Crippen molar-refractivity contribution in [2.75, 3.05) is 13.2 Å². The highest BCUT2D eigenvalue weighted by molar-refractivity contribution is 5.65. The Hall–Kier alpha value is -0.830. The van der Waals surface area contributed by atoms with Gasteiger partial charge in [0.1, 0.15) is 0 Å². The predicted octanol–water partition coefficient (Wildman–Crippen LogP) is 2.95. The van der Waals surface area contributed by atoms with Crippen molar-refractivity contribution in [2.45, 2.75) is 46.6 Å². The van der Waals surface area contributed by atoms with Crippen molar-refractivity contribution in [3.63, 3.8) is 0 Å². The van der Waals surface area contributed by atoms with Crippen molar-refractivity contribution in [2.24, 2.45) is 17.3 Å². The number of carbonyl (C=O) groups excluding carboxylic acids is 1. The van der Waals surface area contributed by atoms with Crippen LogP contribution in [0.25, 0.3) is 0 Å². The minimum Gasteiger partial charge on any atom is -0.465 e. The summed E-state index contributed by atoms with van der Waals surface area (Å²) >= 11 is 0. The predicted molar refractivity (Wildman–Crippen MR) is 70.1 cm³/mol. The first kappa shape index (κ1) is 13.6. The quantitative estimate of drug-likeness (QED) is 0.572. The fourth-order valence-electron chi connectivity index (χ4n) is 3.19. The van der Waals surface area contributed by atoms with Crippen LogP contribution in [0.5, 0.6) is 0 Å². The van der Waals surface area contributed by atoms with E-state index in [1.54, 1.807) is 0 Å². The highest BCUT2D eigenvalue weighted by Gasteiger charge is 2.45. The summed E-state index contributed by atoms with van der Waals surface area (Å²) in [4.78, 5) is 11.0. The molecule has 2 bridgehead atoms. The van der Waals surface area contributed by atoms with Gasteiger partial charge in [-0.25, -0.2) is 0 Å². The smallest absolute Gasteiger partial charge is 0.302 e. The molecule has 0 N–H and O–H groups in total. The van der Waals surface area contributed by atoms with E-state index < -0.39 is 0 Å². The maximum atomic E-state index is 11.0. The SMILES string of the molecule is CC(=O)OC[C@]12CC=C(C)[C@@H](C1)[C@H](C(C)C)OC2. The lowest BCUT2D eigenvalue weighted by atomic mass is 9.66. The van der Waals surface area contributed by atoms with Gasteiger partial charge in [-0.15, -0.1) is 0 Å². The summed E-state index contributed by atoms with van der Waals surface area (Å²) in [5.41, 5.74) is 1.45. The third-order valence-corrected chi connectivity index (χ3v) is 4.31. The molecule has 0 amide bonds. The normalized spacial score (nSPS) is 35.3. The minimum absolute atomic E-state index is 0.0151. The molecule has 0 radical (unpaired) electrons. The summed E-state index contributed by atoms with van der Waals surface area (Å²) in [5.74, 6) is 0.824. The number of fused-ring (bicyclic) bond motifs is 2. The van der Waals surface area contributed by atoms with Crippen LogP contribution < -0.4 is 0 Å². The number of allylic oxidation sites excluding steroid dienone is 1. The summed E-state index contributed by atoms with van der Waals surface area (Å²) in [7, 11) is 0. The Morgan fingerprint density at radius 2 is 2.33 bits per heavy atom. The van der Waals surface area contributed by atoms with Crippen LogP contribution in [0.1, 0.15) is 40.5 Å². The second-order valence-corrected chi connectivity index (χ2v) is 6.26. The lowest BCUT2D eigenvalue weighted by Gasteiger charge is -2.48. The van der Waals surface area contributed by atoms with Crippen molar-refractivity contribution < 1.29 is 14.3 Å². The van der Waals surface area contributed by atoms with Gasteiger partial charge in [-0.1, -0.05) is 25.5 Å². The summed E-state index contributed by atoms with van der Waals surface area (Å²) in [6, 6.07) is 0. The van der Waals surface area contributed by atoms with E-state index in [9.17, 15) is 4.79 Å². The molecule has 1 saturated heterocycles. The molecule has 3 heteroatoms. The molecule has 1 aliphatic heterocycles. The number of ether oxygens (including phenoxy) is 2. The lowest BCUT2D eigenvalue weighted by Crippen LogP contribution is -2.48. The molecule has 18 heavy (non-hydrogen) atoms. The Labute approximate surface area is 110 Å². The fraction of sp³-hybridized carbons (Fsp3) is 0.800. The van der Waals surface area contributed by atoms with E-state index in [0.717, 1.165) is 12.8 Å². The molecule has 0 aromatic rings. The van der Waals surface area contributed by atoms with Gasteiger partial charge in [-0.05, 0) is 25.7 Å². The van der Waals surface area contributed by atoms with Gasteiger partial charge < -0.3 is 9.47 Å². The third-order valence-electron chi connectivity index (χ3n) is 4.31. The van der Waals surface area contributed by atoms with Crippen molar-refractivity contribution in [1.82, 2.24) is 0 Å². The van der Waals surface area contributed by atoms with E-state index in [1.807, 2.05) is 0 Å². The molecule has 2 rings (SSSR count). The molecule has 0 aromatic carbocycles. The molecule has 1 aliphatic carbocycles. The number of hydrogen-bond donors (Lipinski definition) is 0. The molecule has 102 valence electrons. The minimum atomic E-state index is -0.196. The van der Waals surface area contributed by atoms with Crippen LogP contribution >= 0.6 is 0 Å². The second-order valence-electron chi connectivity index (χ2n) is 6.26. The Kier molecular flexibility index (Phi) is 3.81. The van der Waals surface area contributed by atoms with Crippen LogP contribution in [0.2, 0.25) is 0 Å². The maximum absolute atomic E-state index is 11.0. The summed E-state index contributed by atoms with van der Waals surface area (Å²) in [5, 5.41) is 0. The zero-order chi connectivity index (χ0) is 13.3. The number of esters is 1. The molecule has 1 heterocycles.